The molecule has 4 nitrogen and oxygen atoms in total. The first-order valence-electron chi connectivity index (χ1n) is 7.74. The second-order valence-corrected chi connectivity index (χ2v) is 6.23. The van der Waals surface area contributed by atoms with Crippen LogP contribution in [0.15, 0.2) is 24.3 Å². The Morgan fingerprint density at radius 1 is 1.24 bits per heavy atom. The van der Waals surface area contributed by atoms with E-state index in [1.54, 1.807) is 7.05 Å². The van der Waals surface area contributed by atoms with Crippen LogP contribution in [-0.4, -0.2) is 42.2 Å². The fourth-order valence-corrected chi connectivity index (χ4v) is 3.14. The van der Waals surface area contributed by atoms with Gasteiger partial charge in [0.05, 0.1) is 5.60 Å². The van der Waals surface area contributed by atoms with Gasteiger partial charge >= 0.3 is 0 Å². The van der Waals surface area contributed by atoms with Gasteiger partial charge in [-0.3, -0.25) is 9.69 Å². The molecule has 116 valence electrons. The van der Waals surface area contributed by atoms with E-state index in [9.17, 15) is 9.90 Å². The van der Waals surface area contributed by atoms with Crippen LogP contribution in [0.1, 0.15) is 48.0 Å². The predicted molar refractivity (Wildman–Crippen MR) is 84.2 cm³/mol. The first-order chi connectivity index (χ1) is 10.0. The summed E-state index contributed by atoms with van der Waals surface area (Å²) in [7, 11) is 3.67. The lowest BCUT2D eigenvalue weighted by Gasteiger charge is -2.35. The molecule has 2 rings (SSSR count). The van der Waals surface area contributed by atoms with Crippen LogP contribution in [0.4, 0.5) is 0 Å². The number of likely N-dealkylation sites (N-methyl/N-ethyl adjacent to an activating group) is 1. The molecule has 1 aromatic rings. The standard InChI is InChI=1S/C17H26N2O2/c1-18-16(20)15-8-6-14(7-9-15)12-19(2)13-17(21)10-4-3-5-11-17/h6-9,21H,3-5,10-13H2,1-2H3,(H,18,20). The maximum Gasteiger partial charge on any atom is 0.251 e. The van der Waals surface area contributed by atoms with Gasteiger partial charge in [0.2, 0.25) is 0 Å². The largest absolute Gasteiger partial charge is 0.389 e. The Labute approximate surface area is 127 Å². The highest BCUT2D eigenvalue weighted by atomic mass is 16.3. The molecule has 0 atom stereocenters. The zero-order valence-corrected chi connectivity index (χ0v) is 13.1. The minimum atomic E-state index is -0.519. The first kappa shape index (κ1) is 16.0. The zero-order valence-electron chi connectivity index (χ0n) is 13.1. The molecule has 0 unspecified atom stereocenters. The molecule has 0 aromatic heterocycles. The molecule has 4 heteroatoms. The van der Waals surface area contributed by atoms with E-state index in [1.165, 1.54) is 6.42 Å². The number of benzene rings is 1. The Morgan fingerprint density at radius 3 is 2.43 bits per heavy atom. The van der Waals surface area contributed by atoms with Crippen molar-refractivity contribution >= 4 is 5.91 Å². The molecule has 1 amide bonds. The lowest BCUT2D eigenvalue weighted by atomic mass is 9.84. The van der Waals surface area contributed by atoms with Crippen LogP contribution in [0.2, 0.25) is 0 Å². The summed E-state index contributed by atoms with van der Waals surface area (Å²) >= 11 is 0. The van der Waals surface area contributed by atoms with Gasteiger partial charge in [-0.1, -0.05) is 31.4 Å². The van der Waals surface area contributed by atoms with Gasteiger partial charge in [0.25, 0.3) is 5.91 Å². The van der Waals surface area contributed by atoms with E-state index in [2.05, 4.69) is 10.2 Å². The summed E-state index contributed by atoms with van der Waals surface area (Å²) in [6.45, 7) is 1.50. The molecule has 0 spiro atoms. The van der Waals surface area contributed by atoms with Gasteiger partial charge in [-0.2, -0.15) is 0 Å². The number of nitrogens with one attached hydrogen (secondary N) is 1. The summed E-state index contributed by atoms with van der Waals surface area (Å²) in [4.78, 5) is 13.7. The molecule has 21 heavy (non-hydrogen) atoms. The van der Waals surface area contributed by atoms with Gasteiger partial charge in [-0.05, 0) is 37.6 Å². The Bertz CT molecular complexity index is 464. The Balaban J connectivity index is 1.90. The van der Waals surface area contributed by atoms with Crippen LogP contribution < -0.4 is 5.32 Å². The van der Waals surface area contributed by atoms with Crippen molar-refractivity contribution in [2.24, 2.45) is 0 Å². The Kier molecular flexibility index (Phi) is 5.37. The average molecular weight is 290 g/mol. The molecule has 1 saturated carbocycles. The number of carbonyl (C=O) groups is 1. The summed E-state index contributed by atoms with van der Waals surface area (Å²) in [5.74, 6) is -0.0635. The number of carbonyl (C=O) groups excluding carboxylic acids is 1. The summed E-state index contributed by atoms with van der Waals surface area (Å²) in [6.07, 6.45) is 5.32. The third-order valence-corrected chi connectivity index (χ3v) is 4.24. The quantitative estimate of drug-likeness (QED) is 0.874. The fraction of sp³-hybridized carbons (Fsp3) is 0.588. The lowest BCUT2D eigenvalue weighted by Crippen LogP contribution is -2.42. The van der Waals surface area contributed by atoms with E-state index >= 15 is 0 Å². The summed E-state index contributed by atoms with van der Waals surface area (Å²) in [5.41, 5.74) is 1.31. The monoisotopic (exact) mass is 290 g/mol. The van der Waals surface area contributed by atoms with Crippen molar-refractivity contribution in [1.82, 2.24) is 10.2 Å². The smallest absolute Gasteiger partial charge is 0.251 e. The number of amides is 1. The van der Waals surface area contributed by atoms with Crippen molar-refractivity contribution < 1.29 is 9.90 Å². The van der Waals surface area contributed by atoms with E-state index in [0.29, 0.717) is 12.1 Å². The Hall–Kier alpha value is -1.39. The highest BCUT2D eigenvalue weighted by Gasteiger charge is 2.30. The number of hydrogen-bond donors (Lipinski definition) is 2. The van der Waals surface area contributed by atoms with Crippen LogP contribution in [-0.2, 0) is 6.54 Å². The SMILES string of the molecule is CNC(=O)c1ccc(CN(C)CC2(O)CCCCC2)cc1. The topological polar surface area (TPSA) is 52.6 Å². The van der Waals surface area contributed by atoms with Crippen LogP contribution in [0.25, 0.3) is 0 Å². The molecule has 0 radical (unpaired) electrons. The van der Waals surface area contributed by atoms with E-state index in [4.69, 9.17) is 0 Å². The van der Waals surface area contributed by atoms with Crippen molar-refractivity contribution in [3.8, 4) is 0 Å². The maximum atomic E-state index is 11.5. The van der Waals surface area contributed by atoms with Crippen LogP contribution >= 0.6 is 0 Å². The molecule has 0 saturated heterocycles. The average Bonchev–Trinajstić information content (AvgIpc) is 2.47. The number of aliphatic hydroxyl groups is 1. The molecule has 1 aliphatic rings. The minimum absolute atomic E-state index is 0.0635. The first-order valence-corrected chi connectivity index (χ1v) is 7.74. The van der Waals surface area contributed by atoms with Crippen molar-refractivity contribution in [1.29, 1.82) is 0 Å². The highest BCUT2D eigenvalue weighted by Crippen LogP contribution is 2.28. The zero-order chi connectivity index (χ0) is 15.3. The van der Waals surface area contributed by atoms with Crippen molar-refractivity contribution in [2.45, 2.75) is 44.2 Å². The van der Waals surface area contributed by atoms with Crippen LogP contribution in [0, 0.1) is 0 Å². The van der Waals surface area contributed by atoms with E-state index in [-0.39, 0.29) is 5.91 Å². The van der Waals surface area contributed by atoms with Crippen molar-refractivity contribution in [3.63, 3.8) is 0 Å². The summed E-state index contributed by atoms with van der Waals surface area (Å²) in [5, 5.41) is 13.2. The Morgan fingerprint density at radius 2 is 1.86 bits per heavy atom. The molecule has 1 fully saturated rings. The summed E-state index contributed by atoms with van der Waals surface area (Å²) in [6, 6.07) is 7.65. The van der Waals surface area contributed by atoms with Gasteiger partial charge in [-0.25, -0.2) is 0 Å². The van der Waals surface area contributed by atoms with Crippen molar-refractivity contribution in [2.75, 3.05) is 20.6 Å². The van der Waals surface area contributed by atoms with E-state index in [0.717, 1.165) is 37.8 Å². The molecular weight excluding hydrogens is 264 g/mol. The van der Waals surface area contributed by atoms with E-state index < -0.39 is 5.60 Å². The third kappa shape index (κ3) is 4.55. The molecule has 0 bridgehead atoms. The lowest BCUT2D eigenvalue weighted by molar-refractivity contribution is -0.0223. The van der Waals surface area contributed by atoms with Crippen LogP contribution in [0.5, 0.6) is 0 Å². The predicted octanol–water partition coefficient (Wildman–Crippen LogP) is 2.17. The molecule has 0 aliphatic heterocycles. The number of hydrogen-bond acceptors (Lipinski definition) is 3. The van der Waals surface area contributed by atoms with Gasteiger partial charge in [-0.15, -0.1) is 0 Å². The highest BCUT2D eigenvalue weighted by molar-refractivity contribution is 5.93. The van der Waals surface area contributed by atoms with Crippen LogP contribution in [0.3, 0.4) is 0 Å². The molecule has 1 aromatic carbocycles. The second-order valence-electron chi connectivity index (χ2n) is 6.23. The van der Waals surface area contributed by atoms with Gasteiger partial charge in [0.1, 0.15) is 0 Å². The fourth-order valence-electron chi connectivity index (χ4n) is 3.14. The normalized spacial score (nSPS) is 17.7. The van der Waals surface area contributed by atoms with Gasteiger partial charge in [0.15, 0.2) is 0 Å². The minimum Gasteiger partial charge on any atom is -0.389 e. The molecule has 1 aliphatic carbocycles. The molecular formula is C17H26N2O2. The summed E-state index contributed by atoms with van der Waals surface area (Å²) < 4.78 is 0. The third-order valence-electron chi connectivity index (χ3n) is 4.24. The number of rotatable bonds is 5. The maximum absolute atomic E-state index is 11.5. The number of nitrogens with zero attached hydrogens (tertiary/aromatic N) is 1. The molecule has 0 heterocycles. The van der Waals surface area contributed by atoms with E-state index in [1.807, 2.05) is 31.3 Å². The molecule has 2 N–H and O–H groups in total. The van der Waals surface area contributed by atoms with Gasteiger partial charge in [0, 0.05) is 25.7 Å². The second kappa shape index (κ2) is 7.05. The van der Waals surface area contributed by atoms with Crippen molar-refractivity contribution in [3.05, 3.63) is 35.4 Å². The van der Waals surface area contributed by atoms with Gasteiger partial charge < -0.3 is 10.4 Å².